The van der Waals surface area contributed by atoms with Crippen LogP contribution in [0.4, 0.5) is 11.4 Å². The number of carbonyl (C=O) groups is 1. The molecule has 4 rings (SSSR count). The normalized spacial score (nSPS) is 15.1. The van der Waals surface area contributed by atoms with Gasteiger partial charge in [0.25, 0.3) is 5.69 Å². The molecule has 31 heavy (non-hydrogen) atoms. The Morgan fingerprint density at radius 1 is 1.16 bits per heavy atom. The summed E-state index contributed by atoms with van der Waals surface area (Å²) in [5.41, 5.74) is 2.42. The van der Waals surface area contributed by atoms with E-state index in [-0.39, 0.29) is 18.1 Å². The molecule has 2 aromatic carbocycles. The molecule has 0 spiro atoms. The minimum atomic E-state index is -0.465. The van der Waals surface area contributed by atoms with Crippen molar-refractivity contribution in [2.75, 3.05) is 45.2 Å². The lowest BCUT2D eigenvalue weighted by molar-refractivity contribution is -0.384. The summed E-state index contributed by atoms with van der Waals surface area (Å²) in [5.74, 6) is 1.57. The molecule has 0 radical (unpaired) electrons. The Morgan fingerprint density at radius 3 is 2.55 bits per heavy atom. The van der Waals surface area contributed by atoms with E-state index in [1.807, 2.05) is 18.2 Å². The molecule has 10 nitrogen and oxygen atoms in total. The van der Waals surface area contributed by atoms with E-state index >= 15 is 0 Å². The highest BCUT2D eigenvalue weighted by atomic mass is 16.6. The lowest BCUT2D eigenvalue weighted by atomic mass is 10.2. The summed E-state index contributed by atoms with van der Waals surface area (Å²) in [4.78, 5) is 34.9. The molecule has 2 heterocycles. The number of imidazole rings is 1. The van der Waals surface area contributed by atoms with Gasteiger partial charge in [0.15, 0.2) is 0 Å². The van der Waals surface area contributed by atoms with Crippen LogP contribution >= 0.6 is 0 Å². The Balaban J connectivity index is 1.24. The van der Waals surface area contributed by atoms with Crippen LogP contribution in [0.2, 0.25) is 0 Å². The highest BCUT2D eigenvalue weighted by Gasteiger charge is 2.20. The highest BCUT2D eigenvalue weighted by molar-refractivity contribution is 5.92. The van der Waals surface area contributed by atoms with Crippen molar-refractivity contribution in [2.45, 2.75) is 6.54 Å². The molecule has 1 aromatic heterocycles. The zero-order valence-electron chi connectivity index (χ0n) is 17.2. The summed E-state index contributed by atoms with van der Waals surface area (Å²) in [6, 6.07) is 11.6. The molecule has 10 heteroatoms. The van der Waals surface area contributed by atoms with Crippen molar-refractivity contribution in [1.29, 1.82) is 0 Å². The zero-order valence-corrected chi connectivity index (χ0v) is 17.2. The minimum Gasteiger partial charge on any atom is -0.497 e. The van der Waals surface area contributed by atoms with Crippen LogP contribution in [-0.4, -0.2) is 70.4 Å². The van der Waals surface area contributed by atoms with Gasteiger partial charge in [0, 0.05) is 50.1 Å². The van der Waals surface area contributed by atoms with Crippen LogP contribution in [0.1, 0.15) is 5.82 Å². The van der Waals surface area contributed by atoms with Gasteiger partial charge < -0.3 is 15.0 Å². The molecule has 1 aliphatic heterocycles. The average Bonchev–Trinajstić information content (AvgIpc) is 3.16. The Bertz CT molecular complexity index is 1070. The van der Waals surface area contributed by atoms with Crippen LogP contribution in [0.25, 0.3) is 11.0 Å². The molecule has 1 aliphatic rings. The number of aromatic nitrogens is 2. The SMILES string of the molecule is COc1ccc2nc(CN3CCN(CC(=O)Nc4ccc([N+](=O)[O-])cc4)CC3)[nH]c2c1. The minimum absolute atomic E-state index is 0.00212. The Labute approximate surface area is 179 Å². The number of nitro benzene ring substituents is 1. The number of H-pyrrole nitrogens is 1. The van der Waals surface area contributed by atoms with Crippen molar-refractivity contribution in [2.24, 2.45) is 0 Å². The smallest absolute Gasteiger partial charge is 0.269 e. The Kier molecular flexibility index (Phi) is 6.10. The first-order valence-electron chi connectivity index (χ1n) is 10.0. The number of hydrogen-bond donors (Lipinski definition) is 2. The van der Waals surface area contributed by atoms with Crippen LogP contribution in [0.3, 0.4) is 0 Å². The molecule has 1 saturated heterocycles. The molecular formula is C21H24N6O4. The summed E-state index contributed by atoms with van der Waals surface area (Å²) in [6.45, 7) is 4.24. The molecule has 0 unspecified atom stereocenters. The monoisotopic (exact) mass is 424 g/mol. The number of anilines is 1. The molecular weight excluding hydrogens is 400 g/mol. The maximum absolute atomic E-state index is 12.3. The van der Waals surface area contributed by atoms with Gasteiger partial charge >= 0.3 is 0 Å². The van der Waals surface area contributed by atoms with Gasteiger partial charge in [-0.3, -0.25) is 24.7 Å². The second kappa shape index (κ2) is 9.11. The van der Waals surface area contributed by atoms with E-state index in [0.29, 0.717) is 5.69 Å². The number of methoxy groups -OCH3 is 1. The third-order valence-corrected chi connectivity index (χ3v) is 5.31. The van der Waals surface area contributed by atoms with Gasteiger partial charge in [0.05, 0.1) is 36.2 Å². The molecule has 0 atom stereocenters. The second-order valence-electron chi connectivity index (χ2n) is 7.47. The molecule has 0 aliphatic carbocycles. The fraction of sp³-hybridized carbons (Fsp3) is 0.333. The number of amides is 1. The van der Waals surface area contributed by atoms with Crippen molar-refractivity contribution >= 4 is 28.3 Å². The summed E-state index contributed by atoms with van der Waals surface area (Å²) in [6.07, 6.45) is 0. The van der Waals surface area contributed by atoms with E-state index in [1.165, 1.54) is 24.3 Å². The average molecular weight is 424 g/mol. The Morgan fingerprint density at radius 2 is 1.87 bits per heavy atom. The van der Waals surface area contributed by atoms with E-state index in [2.05, 4.69) is 25.1 Å². The first kappa shape index (κ1) is 20.8. The zero-order chi connectivity index (χ0) is 21.8. The van der Waals surface area contributed by atoms with Gasteiger partial charge in [-0.2, -0.15) is 0 Å². The first-order valence-corrected chi connectivity index (χ1v) is 10.0. The van der Waals surface area contributed by atoms with Crippen molar-refractivity contribution in [3.8, 4) is 5.75 Å². The fourth-order valence-corrected chi connectivity index (χ4v) is 3.63. The number of nitrogens with one attached hydrogen (secondary N) is 2. The van der Waals surface area contributed by atoms with Gasteiger partial charge in [-0.25, -0.2) is 4.98 Å². The molecule has 1 amide bonds. The summed E-state index contributed by atoms with van der Waals surface area (Å²) >= 11 is 0. The topological polar surface area (TPSA) is 117 Å². The third-order valence-electron chi connectivity index (χ3n) is 5.31. The number of fused-ring (bicyclic) bond motifs is 1. The lowest BCUT2D eigenvalue weighted by Crippen LogP contribution is -2.48. The predicted octanol–water partition coefficient (Wildman–Crippen LogP) is 2.24. The van der Waals surface area contributed by atoms with Gasteiger partial charge in [0.2, 0.25) is 5.91 Å². The van der Waals surface area contributed by atoms with Crippen LogP contribution in [-0.2, 0) is 11.3 Å². The number of rotatable bonds is 7. The first-order chi connectivity index (χ1) is 15.0. The van der Waals surface area contributed by atoms with E-state index < -0.39 is 4.92 Å². The van der Waals surface area contributed by atoms with Gasteiger partial charge in [-0.05, 0) is 24.3 Å². The quantitative estimate of drug-likeness (QED) is 0.441. The number of hydrogen-bond acceptors (Lipinski definition) is 7. The summed E-state index contributed by atoms with van der Waals surface area (Å²) in [7, 11) is 1.64. The molecule has 1 fully saturated rings. The number of benzene rings is 2. The standard InChI is InChI=1S/C21H24N6O4/c1-31-17-6-7-18-19(12-17)24-20(23-18)13-25-8-10-26(11-9-25)14-21(28)22-15-2-4-16(5-3-15)27(29)30/h2-7,12H,8-11,13-14H2,1H3,(H,22,28)(H,23,24). The van der Waals surface area contributed by atoms with Crippen LogP contribution < -0.4 is 10.1 Å². The molecule has 162 valence electrons. The van der Waals surface area contributed by atoms with Crippen molar-refractivity contribution in [3.05, 3.63) is 58.4 Å². The van der Waals surface area contributed by atoms with E-state index in [4.69, 9.17) is 4.74 Å². The lowest BCUT2D eigenvalue weighted by Gasteiger charge is -2.33. The van der Waals surface area contributed by atoms with E-state index in [1.54, 1.807) is 7.11 Å². The van der Waals surface area contributed by atoms with Gasteiger partial charge in [-0.1, -0.05) is 0 Å². The largest absolute Gasteiger partial charge is 0.497 e. The third kappa shape index (κ3) is 5.16. The van der Waals surface area contributed by atoms with Gasteiger partial charge in [-0.15, -0.1) is 0 Å². The summed E-state index contributed by atoms with van der Waals surface area (Å²) < 4.78 is 5.25. The maximum atomic E-state index is 12.3. The van der Waals surface area contributed by atoms with Gasteiger partial charge in [0.1, 0.15) is 11.6 Å². The van der Waals surface area contributed by atoms with E-state index in [0.717, 1.165) is 55.3 Å². The molecule has 2 N–H and O–H groups in total. The molecule has 0 bridgehead atoms. The van der Waals surface area contributed by atoms with Crippen LogP contribution in [0.5, 0.6) is 5.75 Å². The highest BCUT2D eigenvalue weighted by Crippen LogP contribution is 2.19. The van der Waals surface area contributed by atoms with Crippen LogP contribution in [0.15, 0.2) is 42.5 Å². The maximum Gasteiger partial charge on any atom is 0.269 e. The predicted molar refractivity (Wildman–Crippen MR) is 116 cm³/mol. The van der Waals surface area contributed by atoms with Crippen molar-refractivity contribution in [3.63, 3.8) is 0 Å². The number of nitrogens with zero attached hydrogens (tertiary/aromatic N) is 4. The van der Waals surface area contributed by atoms with E-state index in [9.17, 15) is 14.9 Å². The number of aromatic amines is 1. The fourth-order valence-electron chi connectivity index (χ4n) is 3.63. The number of piperazine rings is 1. The molecule has 0 saturated carbocycles. The second-order valence-corrected chi connectivity index (χ2v) is 7.47. The number of ether oxygens (including phenoxy) is 1. The summed E-state index contributed by atoms with van der Waals surface area (Å²) in [5, 5.41) is 13.5. The Hall–Kier alpha value is -3.50. The van der Waals surface area contributed by atoms with Crippen molar-refractivity contribution < 1.29 is 14.5 Å². The molecule has 3 aromatic rings. The van der Waals surface area contributed by atoms with Crippen molar-refractivity contribution in [1.82, 2.24) is 19.8 Å². The number of carbonyl (C=O) groups excluding carboxylic acids is 1. The number of non-ortho nitro benzene ring substituents is 1. The van der Waals surface area contributed by atoms with Crippen LogP contribution in [0, 0.1) is 10.1 Å². The number of nitro groups is 1.